The second kappa shape index (κ2) is 10.3. The molecule has 4 aromatic rings. The van der Waals surface area contributed by atoms with Gasteiger partial charge in [0.25, 0.3) is 0 Å². The lowest BCUT2D eigenvalue weighted by molar-refractivity contribution is -0.599. The van der Waals surface area contributed by atoms with Gasteiger partial charge in [0.15, 0.2) is 0 Å². The summed E-state index contributed by atoms with van der Waals surface area (Å²) in [5.74, 6) is -0.412. The van der Waals surface area contributed by atoms with Crippen LogP contribution in [0.2, 0.25) is 0 Å². The Morgan fingerprint density at radius 1 is 0.889 bits per heavy atom. The van der Waals surface area contributed by atoms with E-state index in [1.165, 1.54) is 6.08 Å². The Morgan fingerprint density at radius 3 is 2.03 bits per heavy atom. The van der Waals surface area contributed by atoms with Gasteiger partial charge >= 0.3 is 11.8 Å². The van der Waals surface area contributed by atoms with Gasteiger partial charge in [0.05, 0.1) is 0 Å². The largest absolute Gasteiger partial charge is 0.818 e. The van der Waals surface area contributed by atoms with E-state index in [2.05, 4.69) is 38.1 Å². The summed E-state index contributed by atoms with van der Waals surface area (Å²) < 4.78 is 9.09. The summed E-state index contributed by atoms with van der Waals surface area (Å²) in [4.78, 5) is 13.6. The first-order valence-corrected chi connectivity index (χ1v) is 12.0. The Hall–Kier alpha value is -3.96. The SMILES string of the molecule is Cc1cc(C)c(-n2cc[n+](-c3c(C)cc(C)cc3C)c2C(=O)OC([O-])/C=C/c2ccccc2)c(C)c1. The molecule has 1 aromatic heterocycles. The zero-order chi connectivity index (χ0) is 26.0. The molecule has 0 N–H and O–H groups in total. The van der Waals surface area contributed by atoms with Crippen LogP contribution in [0.5, 0.6) is 0 Å². The van der Waals surface area contributed by atoms with Crippen LogP contribution in [0, 0.1) is 41.5 Å². The van der Waals surface area contributed by atoms with Crippen molar-refractivity contribution in [2.24, 2.45) is 0 Å². The summed E-state index contributed by atoms with van der Waals surface area (Å²) in [6, 6.07) is 17.8. The fraction of sp³-hybridized carbons (Fsp3) is 0.226. The van der Waals surface area contributed by atoms with E-state index in [-0.39, 0.29) is 5.82 Å². The highest BCUT2D eigenvalue weighted by Crippen LogP contribution is 2.24. The number of carbonyl (C=O) groups excluding carboxylic acids is 1. The van der Waals surface area contributed by atoms with Crippen molar-refractivity contribution in [3.63, 3.8) is 0 Å². The molecule has 0 spiro atoms. The Bertz CT molecular complexity index is 1330. The van der Waals surface area contributed by atoms with Crippen LogP contribution in [0.1, 0.15) is 49.6 Å². The summed E-state index contributed by atoms with van der Waals surface area (Å²) in [5, 5.41) is 12.7. The number of esters is 1. The lowest BCUT2D eigenvalue weighted by atomic mass is 10.0. The minimum absolute atomic E-state index is 0.272. The Balaban J connectivity index is 1.81. The van der Waals surface area contributed by atoms with E-state index in [4.69, 9.17) is 4.74 Å². The molecule has 0 radical (unpaired) electrons. The van der Waals surface area contributed by atoms with E-state index in [0.717, 1.165) is 50.3 Å². The van der Waals surface area contributed by atoms with Crippen molar-refractivity contribution in [1.82, 2.24) is 4.57 Å². The molecule has 0 bridgehead atoms. The monoisotopic (exact) mass is 480 g/mol. The van der Waals surface area contributed by atoms with Gasteiger partial charge in [-0.1, -0.05) is 77.9 Å². The lowest BCUT2D eigenvalue weighted by Gasteiger charge is -2.19. The summed E-state index contributed by atoms with van der Waals surface area (Å²) in [6.07, 6.45) is 5.10. The highest BCUT2D eigenvalue weighted by atomic mass is 16.6. The highest BCUT2D eigenvalue weighted by molar-refractivity contribution is 5.85. The fourth-order valence-corrected chi connectivity index (χ4v) is 5.00. The predicted molar refractivity (Wildman–Crippen MR) is 140 cm³/mol. The number of hydrogen-bond donors (Lipinski definition) is 0. The van der Waals surface area contributed by atoms with Gasteiger partial charge in [0.2, 0.25) is 0 Å². The molecule has 0 aliphatic carbocycles. The van der Waals surface area contributed by atoms with Crippen LogP contribution >= 0.6 is 0 Å². The molecule has 0 saturated heterocycles. The van der Waals surface area contributed by atoms with Gasteiger partial charge in [-0.05, 0) is 69.4 Å². The van der Waals surface area contributed by atoms with Crippen molar-refractivity contribution >= 4 is 12.0 Å². The molecular formula is C31H32N2O3. The molecule has 0 saturated carbocycles. The van der Waals surface area contributed by atoms with Crippen LogP contribution in [-0.4, -0.2) is 16.8 Å². The number of carbonyl (C=O) groups is 1. The van der Waals surface area contributed by atoms with Crippen LogP contribution in [-0.2, 0) is 4.74 Å². The standard InChI is InChI=1S/C31H32N2O3/c1-20-16-22(3)28(23(4)17-20)32-14-15-33(29-24(5)18-21(2)19-25(29)6)30(32)31(35)36-27(34)13-12-26-10-8-7-9-11-26/h7-19,27H,1-6H3/b13-12+. The van der Waals surface area contributed by atoms with Gasteiger partial charge in [-0.3, -0.25) is 0 Å². The Morgan fingerprint density at radius 2 is 1.44 bits per heavy atom. The molecule has 36 heavy (non-hydrogen) atoms. The second-order valence-corrected chi connectivity index (χ2v) is 9.40. The molecule has 4 rings (SSSR count). The van der Waals surface area contributed by atoms with E-state index in [9.17, 15) is 9.90 Å². The molecule has 3 aromatic carbocycles. The second-order valence-electron chi connectivity index (χ2n) is 9.40. The van der Waals surface area contributed by atoms with E-state index < -0.39 is 12.3 Å². The van der Waals surface area contributed by atoms with Crippen molar-refractivity contribution in [3.8, 4) is 11.4 Å². The number of ether oxygens (including phenoxy) is 1. The molecule has 1 heterocycles. The smallest absolute Gasteiger partial charge is 0.422 e. The number of benzene rings is 3. The number of rotatable bonds is 6. The molecule has 0 fully saturated rings. The minimum atomic E-state index is -1.64. The van der Waals surface area contributed by atoms with Gasteiger partial charge < -0.3 is 9.84 Å². The van der Waals surface area contributed by atoms with Crippen molar-refractivity contribution in [1.29, 1.82) is 0 Å². The normalized spacial score (nSPS) is 12.2. The zero-order valence-electron chi connectivity index (χ0n) is 21.7. The molecule has 5 nitrogen and oxygen atoms in total. The van der Waals surface area contributed by atoms with Crippen molar-refractivity contribution in [2.75, 3.05) is 0 Å². The number of hydrogen-bond acceptors (Lipinski definition) is 3. The maximum absolute atomic E-state index is 13.6. The molecular weight excluding hydrogens is 448 g/mol. The number of nitrogens with zero attached hydrogens (tertiary/aromatic N) is 2. The third kappa shape index (κ3) is 5.16. The predicted octanol–water partition coefficient (Wildman–Crippen LogP) is 5.16. The number of aryl methyl sites for hydroxylation is 6. The van der Waals surface area contributed by atoms with Crippen LogP contribution in [0.15, 0.2) is 73.1 Å². The quantitative estimate of drug-likeness (QED) is 0.218. The molecule has 184 valence electrons. The van der Waals surface area contributed by atoms with Gasteiger partial charge in [0, 0.05) is 6.29 Å². The van der Waals surface area contributed by atoms with Gasteiger partial charge in [-0.15, -0.1) is 0 Å². The van der Waals surface area contributed by atoms with Gasteiger partial charge in [-0.25, -0.2) is 4.79 Å². The summed E-state index contributed by atoms with van der Waals surface area (Å²) in [5.41, 5.74) is 9.08. The topological polar surface area (TPSA) is 58.2 Å². The first kappa shape index (κ1) is 25.1. The summed E-state index contributed by atoms with van der Waals surface area (Å²) in [6.45, 7) is 12.2. The number of imidazole rings is 1. The molecule has 0 aliphatic rings. The van der Waals surface area contributed by atoms with E-state index in [1.54, 1.807) is 6.08 Å². The third-order valence-corrected chi connectivity index (χ3v) is 6.22. The maximum atomic E-state index is 13.6. The highest BCUT2D eigenvalue weighted by Gasteiger charge is 2.32. The Kier molecular flexibility index (Phi) is 7.22. The van der Waals surface area contributed by atoms with Crippen molar-refractivity contribution in [2.45, 2.75) is 47.8 Å². The number of aromatic nitrogens is 2. The van der Waals surface area contributed by atoms with Crippen molar-refractivity contribution in [3.05, 3.63) is 118 Å². The van der Waals surface area contributed by atoms with Crippen molar-refractivity contribution < 1.29 is 19.2 Å². The maximum Gasteiger partial charge on any atom is 0.422 e. The fourth-order valence-electron chi connectivity index (χ4n) is 5.00. The van der Waals surface area contributed by atoms with E-state index >= 15 is 0 Å². The average Bonchev–Trinajstić information content (AvgIpc) is 3.21. The van der Waals surface area contributed by atoms with Crippen LogP contribution in [0.3, 0.4) is 0 Å². The summed E-state index contributed by atoms with van der Waals surface area (Å²) >= 11 is 0. The van der Waals surface area contributed by atoms with Crippen LogP contribution < -0.4 is 9.67 Å². The lowest BCUT2D eigenvalue weighted by Crippen LogP contribution is -2.41. The molecule has 1 atom stereocenters. The van der Waals surface area contributed by atoms with Crippen LogP contribution in [0.4, 0.5) is 0 Å². The minimum Gasteiger partial charge on any atom is -0.818 e. The van der Waals surface area contributed by atoms with E-state index in [1.807, 2.05) is 79.6 Å². The first-order chi connectivity index (χ1) is 17.2. The average molecular weight is 481 g/mol. The molecule has 0 aliphatic heterocycles. The first-order valence-electron chi connectivity index (χ1n) is 12.0. The zero-order valence-corrected chi connectivity index (χ0v) is 21.7. The third-order valence-electron chi connectivity index (χ3n) is 6.22. The molecule has 5 heteroatoms. The summed E-state index contributed by atoms with van der Waals surface area (Å²) in [7, 11) is 0. The molecule has 0 amide bonds. The Labute approximate surface area is 212 Å². The van der Waals surface area contributed by atoms with Crippen LogP contribution in [0.25, 0.3) is 17.5 Å². The molecule has 1 unspecified atom stereocenters. The van der Waals surface area contributed by atoms with E-state index in [0.29, 0.717) is 0 Å². The van der Waals surface area contributed by atoms with Gasteiger partial charge in [0.1, 0.15) is 23.8 Å². The van der Waals surface area contributed by atoms with Gasteiger partial charge in [-0.2, -0.15) is 9.13 Å².